The summed E-state index contributed by atoms with van der Waals surface area (Å²) < 4.78 is 65.2. The Morgan fingerprint density at radius 2 is 1.59 bits per heavy atom. The third-order valence-corrected chi connectivity index (χ3v) is 7.51. The summed E-state index contributed by atoms with van der Waals surface area (Å²) in [5.74, 6) is -2.99. The zero-order chi connectivity index (χ0) is 28.8. The van der Waals surface area contributed by atoms with Crippen LogP contribution in [0.3, 0.4) is 0 Å². The molecule has 2 fully saturated rings. The maximum absolute atomic E-state index is 12.8. The number of rotatable bonds is 8. The monoisotopic (exact) mass is 571 g/mol. The highest BCUT2D eigenvalue weighted by atomic mass is 32.2. The van der Waals surface area contributed by atoms with E-state index in [1.807, 2.05) is 0 Å². The lowest BCUT2D eigenvalue weighted by molar-refractivity contribution is -0.192. The van der Waals surface area contributed by atoms with Gasteiger partial charge in [0.05, 0.1) is 16.4 Å². The number of ether oxygens (including phenoxy) is 1. The van der Waals surface area contributed by atoms with Crippen molar-refractivity contribution in [1.29, 1.82) is 0 Å². The van der Waals surface area contributed by atoms with E-state index in [9.17, 15) is 31.2 Å². The number of carbonyl (C=O) groups is 3. The standard InChI is InChI=1S/C23H27N3O5S.C2HF3O2/c1-16(27)25-18-8-10-21(11-9-18)32(29,30)26-19-6-4-17(5-7-19)23(12-13-23)22(28)24-15-20-3-2-14-31-20;3-2(4,5)1(6)7/h4-11,20,26H,2-3,12-15H2,1H3,(H,24,28)(H,25,27);(H,6,7). The molecule has 1 atom stereocenters. The minimum Gasteiger partial charge on any atom is -0.475 e. The fourth-order valence-electron chi connectivity index (χ4n) is 3.94. The van der Waals surface area contributed by atoms with Gasteiger partial charge < -0.3 is 20.5 Å². The molecule has 0 radical (unpaired) electrons. The topological polar surface area (TPSA) is 151 Å². The first kappa shape index (κ1) is 29.9. The summed E-state index contributed by atoms with van der Waals surface area (Å²) in [7, 11) is -3.78. The van der Waals surface area contributed by atoms with Gasteiger partial charge in [0.2, 0.25) is 11.8 Å². The normalized spacial score (nSPS) is 17.8. The Morgan fingerprint density at radius 1 is 1.03 bits per heavy atom. The van der Waals surface area contributed by atoms with Crippen molar-refractivity contribution in [3.63, 3.8) is 0 Å². The van der Waals surface area contributed by atoms with Crippen molar-refractivity contribution in [2.24, 2.45) is 0 Å². The third-order valence-electron chi connectivity index (χ3n) is 6.12. The van der Waals surface area contributed by atoms with Crippen molar-refractivity contribution in [2.45, 2.75) is 55.2 Å². The van der Waals surface area contributed by atoms with Crippen molar-refractivity contribution in [2.75, 3.05) is 23.2 Å². The molecule has 14 heteroatoms. The lowest BCUT2D eigenvalue weighted by Crippen LogP contribution is -2.39. The fraction of sp³-hybridized carbons (Fsp3) is 0.400. The van der Waals surface area contributed by atoms with Crippen LogP contribution in [0.25, 0.3) is 0 Å². The molecule has 4 N–H and O–H groups in total. The number of aliphatic carboxylic acids is 1. The van der Waals surface area contributed by atoms with Crippen LogP contribution in [0.2, 0.25) is 0 Å². The zero-order valence-electron chi connectivity index (χ0n) is 20.9. The van der Waals surface area contributed by atoms with Crippen molar-refractivity contribution in [3.05, 3.63) is 54.1 Å². The summed E-state index contributed by atoms with van der Waals surface area (Å²) in [5.41, 5.74) is 1.28. The Balaban J connectivity index is 0.000000532. The molecule has 0 bridgehead atoms. The van der Waals surface area contributed by atoms with Crippen LogP contribution in [0.15, 0.2) is 53.4 Å². The van der Waals surface area contributed by atoms with Gasteiger partial charge in [0, 0.05) is 31.5 Å². The Hall–Kier alpha value is -3.65. The number of alkyl halides is 3. The molecule has 39 heavy (non-hydrogen) atoms. The van der Waals surface area contributed by atoms with Crippen LogP contribution in [-0.4, -0.2) is 56.7 Å². The first-order valence-electron chi connectivity index (χ1n) is 11.9. The molecule has 1 aliphatic carbocycles. The van der Waals surface area contributed by atoms with E-state index < -0.39 is 27.6 Å². The lowest BCUT2D eigenvalue weighted by Gasteiger charge is -2.18. The molecule has 1 saturated heterocycles. The number of hydrogen-bond donors (Lipinski definition) is 4. The molecule has 0 spiro atoms. The first-order chi connectivity index (χ1) is 18.2. The molecule has 212 valence electrons. The second-order valence-corrected chi connectivity index (χ2v) is 10.8. The third kappa shape index (κ3) is 8.17. The van der Waals surface area contributed by atoms with Gasteiger partial charge in [0.1, 0.15) is 0 Å². The van der Waals surface area contributed by atoms with E-state index in [2.05, 4.69) is 15.4 Å². The highest BCUT2D eigenvalue weighted by molar-refractivity contribution is 7.92. The summed E-state index contributed by atoms with van der Waals surface area (Å²) in [5, 5.41) is 12.7. The van der Waals surface area contributed by atoms with Crippen LogP contribution in [0.4, 0.5) is 24.5 Å². The summed E-state index contributed by atoms with van der Waals surface area (Å²) in [6.07, 6.45) is -1.44. The molecule has 2 aromatic rings. The zero-order valence-corrected chi connectivity index (χ0v) is 21.7. The van der Waals surface area contributed by atoms with Gasteiger partial charge in [-0.1, -0.05) is 12.1 Å². The molecule has 1 heterocycles. The van der Waals surface area contributed by atoms with Gasteiger partial charge in [-0.2, -0.15) is 13.2 Å². The van der Waals surface area contributed by atoms with E-state index in [0.29, 0.717) is 17.9 Å². The van der Waals surface area contributed by atoms with Crippen LogP contribution >= 0.6 is 0 Å². The predicted octanol–water partition coefficient (Wildman–Crippen LogP) is 3.41. The van der Waals surface area contributed by atoms with Crippen LogP contribution < -0.4 is 15.4 Å². The number of carboxylic acid groups (broad SMARTS) is 1. The minimum atomic E-state index is -5.08. The van der Waals surface area contributed by atoms with Gasteiger partial charge in [0.15, 0.2) is 0 Å². The van der Waals surface area contributed by atoms with Crippen LogP contribution in [0.5, 0.6) is 0 Å². The van der Waals surface area contributed by atoms with Crippen molar-refractivity contribution in [1.82, 2.24) is 5.32 Å². The number of hydrogen-bond acceptors (Lipinski definition) is 6. The predicted molar refractivity (Wildman–Crippen MR) is 135 cm³/mol. The second-order valence-electron chi connectivity index (χ2n) is 9.12. The minimum absolute atomic E-state index is 0.000547. The van der Waals surface area contributed by atoms with Gasteiger partial charge in [0.25, 0.3) is 10.0 Å². The Labute approximate surface area is 223 Å². The Morgan fingerprint density at radius 3 is 2.05 bits per heavy atom. The molecule has 1 aliphatic heterocycles. The average Bonchev–Trinajstić information content (AvgIpc) is 3.50. The number of carboxylic acids is 1. The van der Waals surface area contributed by atoms with E-state index in [4.69, 9.17) is 14.6 Å². The SMILES string of the molecule is CC(=O)Nc1ccc(S(=O)(=O)Nc2ccc(C3(C(=O)NCC4CCCO4)CC3)cc2)cc1.O=C(O)C(F)(F)F. The van der Waals surface area contributed by atoms with Crippen molar-refractivity contribution in [3.8, 4) is 0 Å². The molecular formula is C25H28F3N3O7S. The summed E-state index contributed by atoms with van der Waals surface area (Å²) in [6.45, 7) is 2.66. The molecule has 1 saturated carbocycles. The molecule has 2 aromatic carbocycles. The summed E-state index contributed by atoms with van der Waals surface area (Å²) >= 11 is 0. The van der Waals surface area contributed by atoms with E-state index in [-0.39, 0.29) is 22.8 Å². The molecule has 0 aromatic heterocycles. The molecule has 2 amide bonds. The maximum Gasteiger partial charge on any atom is 0.490 e. The highest BCUT2D eigenvalue weighted by Crippen LogP contribution is 2.48. The number of sulfonamides is 1. The number of benzene rings is 2. The van der Waals surface area contributed by atoms with E-state index in [0.717, 1.165) is 37.9 Å². The smallest absolute Gasteiger partial charge is 0.475 e. The summed E-state index contributed by atoms with van der Waals surface area (Å²) in [4.78, 5) is 32.9. The molecule has 2 aliphatic rings. The van der Waals surface area contributed by atoms with Gasteiger partial charge in [-0.15, -0.1) is 0 Å². The van der Waals surface area contributed by atoms with Crippen molar-refractivity contribution >= 4 is 39.2 Å². The number of nitrogens with one attached hydrogen (secondary N) is 3. The number of anilines is 2. The van der Waals surface area contributed by atoms with E-state index >= 15 is 0 Å². The van der Waals surface area contributed by atoms with Crippen LogP contribution in [0.1, 0.15) is 38.2 Å². The van der Waals surface area contributed by atoms with Gasteiger partial charge >= 0.3 is 12.1 Å². The Kier molecular flexibility index (Phi) is 9.22. The van der Waals surface area contributed by atoms with E-state index in [1.54, 1.807) is 24.3 Å². The van der Waals surface area contributed by atoms with Crippen LogP contribution in [0, 0.1) is 0 Å². The van der Waals surface area contributed by atoms with Gasteiger partial charge in [-0.05, 0) is 67.6 Å². The highest BCUT2D eigenvalue weighted by Gasteiger charge is 2.51. The molecular weight excluding hydrogens is 543 g/mol. The maximum atomic E-state index is 12.8. The number of amides is 2. The lowest BCUT2D eigenvalue weighted by atomic mass is 9.94. The van der Waals surface area contributed by atoms with Crippen molar-refractivity contribution < 1.29 is 45.8 Å². The fourth-order valence-corrected chi connectivity index (χ4v) is 5.00. The number of halogens is 3. The quantitative estimate of drug-likeness (QED) is 0.379. The average molecular weight is 572 g/mol. The first-order valence-corrected chi connectivity index (χ1v) is 13.4. The Bertz CT molecular complexity index is 1290. The van der Waals surface area contributed by atoms with E-state index in [1.165, 1.54) is 31.2 Å². The molecule has 10 nitrogen and oxygen atoms in total. The second kappa shape index (κ2) is 12.0. The largest absolute Gasteiger partial charge is 0.490 e. The number of carbonyl (C=O) groups excluding carboxylic acids is 2. The van der Waals surface area contributed by atoms with Crippen LogP contribution in [-0.2, 0) is 34.6 Å². The summed E-state index contributed by atoms with van der Waals surface area (Å²) in [6, 6.07) is 12.9. The van der Waals surface area contributed by atoms with Gasteiger partial charge in [-0.25, -0.2) is 13.2 Å². The molecule has 4 rings (SSSR count). The molecule has 1 unspecified atom stereocenters. The van der Waals surface area contributed by atoms with Gasteiger partial charge in [-0.3, -0.25) is 14.3 Å².